The van der Waals surface area contributed by atoms with Crippen LogP contribution in [0.15, 0.2) is 47.4 Å². The van der Waals surface area contributed by atoms with E-state index in [9.17, 15) is 18.0 Å². The summed E-state index contributed by atoms with van der Waals surface area (Å²) >= 11 is 0. The Bertz CT molecular complexity index is 1120. The number of anilines is 2. The molecule has 0 bridgehead atoms. The van der Waals surface area contributed by atoms with E-state index in [1.807, 2.05) is 6.92 Å². The Morgan fingerprint density at radius 3 is 2.47 bits per heavy atom. The van der Waals surface area contributed by atoms with Crippen molar-refractivity contribution in [3.05, 3.63) is 48.0 Å². The van der Waals surface area contributed by atoms with Crippen molar-refractivity contribution in [1.82, 2.24) is 4.31 Å². The molecule has 0 radical (unpaired) electrons. The van der Waals surface area contributed by atoms with Crippen molar-refractivity contribution in [2.75, 3.05) is 29.9 Å². The molecular weight excluding hydrogens is 430 g/mol. The topological polar surface area (TPSA) is 96.0 Å². The van der Waals surface area contributed by atoms with E-state index in [1.165, 1.54) is 28.6 Å². The van der Waals surface area contributed by atoms with Crippen molar-refractivity contribution in [1.29, 1.82) is 0 Å². The zero-order valence-electron chi connectivity index (χ0n) is 18.2. The predicted molar refractivity (Wildman–Crippen MR) is 122 cm³/mol. The zero-order valence-corrected chi connectivity index (χ0v) is 19.0. The molecule has 2 aliphatic rings. The van der Waals surface area contributed by atoms with E-state index in [2.05, 4.69) is 5.32 Å². The van der Waals surface area contributed by atoms with Gasteiger partial charge in [-0.3, -0.25) is 9.59 Å². The first-order valence-electron chi connectivity index (χ1n) is 10.8. The fraction of sp³-hybridized carbons (Fsp3) is 0.391. The van der Waals surface area contributed by atoms with Gasteiger partial charge in [0, 0.05) is 37.0 Å². The number of ether oxygens (including phenoxy) is 1. The van der Waals surface area contributed by atoms with Crippen molar-refractivity contribution < 1.29 is 22.7 Å². The molecule has 1 unspecified atom stereocenters. The van der Waals surface area contributed by atoms with E-state index in [4.69, 9.17) is 4.74 Å². The van der Waals surface area contributed by atoms with Crippen molar-refractivity contribution in [2.45, 2.75) is 44.1 Å². The van der Waals surface area contributed by atoms with Crippen LogP contribution in [-0.2, 0) is 14.8 Å². The molecule has 1 atom stereocenters. The smallest absolute Gasteiger partial charge is 0.267 e. The average Bonchev–Trinajstić information content (AvgIpc) is 3.33. The Morgan fingerprint density at radius 2 is 1.81 bits per heavy atom. The maximum Gasteiger partial charge on any atom is 0.267 e. The molecule has 8 nitrogen and oxygen atoms in total. The summed E-state index contributed by atoms with van der Waals surface area (Å²) in [7, 11) is -3.52. The molecule has 2 heterocycles. The van der Waals surface area contributed by atoms with Gasteiger partial charge in [0.1, 0.15) is 5.75 Å². The first-order valence-corrected chi connectivity index (χ1v) is 12.3. The summed E-state index contributed by atoms with van der Waals surface area (Å²) in [5, 5.41) is 2.81. The van der Waals surface area contributed by atoms with Crippen LogP contribution in [0.25, 0.3) is 0 Å². The van der Waals surface area contributed by atoms with Crippen molar-refractivity contribution in [3.63, 3.8) is 0 Å². The lowest BCUT2D eigenvalue weighted by molar-refractivity contribution is -0.125. The standard InChI is InChI=1S/C23H27N3O5S/c1-3-12-26-20-11-8-18(15-21(20)31-16(2)23(26)28)24-22(27)17-6-9-19(10-7-17)32(29,30)25-13-4-5-14-25/h6-11,15-16H,3-5,12-14H2,1-2H3,(H,24,27). The van der Waals surface area contributed by atoms with Crippen LogP contribution in [0.4, 0.5) is 11.4 Å². The lowest BCUT2D eigenvalue weighted by Crippen LogP contribution is -2.44. The summed E-state index contributed by atoms with van der Waals surface area (Å²) in [6.07, 6.45) is 1.96. The third-order valence-electron chi connectivity index (χ3n) is 5.69. The van der Waals surface area contributed by atoms with Crippen LogP contribution in [0.1, 0.15) is 43.5 Å². The van der Waals surface area contributed by atoms with E-state index in [0.29, 0.717) is 42.3 Å². The normalized spacial score (nSPS) is 18.9. The Morgan fingerprint density at radius 1 is 1.12 bits per heavy atom. The van der Waals surface area contributed by atoms with Gasteiger partial charge in [0.05, 0.1) is 10.6 Å². The minimum Gasteiger partial charge on any atom is -0.479 e. The number of sulfonamides is 1. The van der Waals surface area contributed by atoms with Gasteiger partial charge in [0.25, 0.3) is 11.8 Å². The first-order chi connectivity index (χ1) is 15.3. The number of hydrogen-bond acceptors (Lipinski definition) is 5. The highest BCUT2D eigenvalue weighted by Crippen LogP contribution is 2.36. The molecule has 0 spiro atoms. The molecule has 2 aromatic carbocycles. The lowest BCUT2D eigenvalue weighted by Gasteiger charge is -2.33. The molecule has 0 saturated carbocycles. The molecule has 170 valence electrons. The van der Waals surface area contributed by atoms with Crippen LogP contribution in [0.3, 0.4) is 0 Å². The van der Waals surface area contributed by atoms with Crippen LogP contribution < -0.4 is 15.0 Å². The minimum atomic E-state index is -3.52. The molecule has 9 heteroatoms. The number of rotatable bonds is 6. The van der Waals surface area contributed by atoms with Gasteiger partial charge in [-0.25, -0.2) is 8.42 Å². The largest absolute Gasteiger partial charge is 0.479 e. The number of hydrogen-bond donors (Lipinski definition) is 1. The van der Waals surface area contributed by atoms with Crippen LogP contribution in [0.2, 0.25) is 0 Å². The lowest BCUT2D eigenvalue weighted by atomic mass is 10.1. The number of nitrogens with zero attached hydrogens (tertiary/aromatic N) is 2. The summed E-state index contributed by atoms with van der Waals surface area (Å²) in [6.45, 7) is 5.37. The van der Waals surface area contributed by atoms with Gasteiger partial charge >= 0.3 is 0 Å². The monoisotopic (exact) mass is 457 g/mol. The summed E-state index contributed by atoms with van der Waals surface area (Å²) in [5.74, 6) is 0.0935. The van der Waals surface area contributed by atoms with Gasteiger partial charge < -0.3 is 15.0 Å². The quantitative estimate of drug-likeness (QED) is 0.718. The van der Waals surface area contributed by atoms with Gasteiger partial charge in [-0.2, -0.15) is 4.31 Å². The van der Waals surface area contributed by atoms with Crippen LogP contribution in [0, 0.1) is 0 Å². The highest BCUT2D eigenvalue weighted by atomic mass is 32.2. The minimum absolute atomic E-state index is 0.0832. The molecule has 1 saturated heterocycles. The number of nitrogens with one attached hydrogen (secondary N) is 1. The zero-order chi connectivity index (χ0) is 22.9. The Labute approximate surface area is 188 Å². The maximum absolute atomic E-state index is 12.7. The van der Waals surface area contributed by atoms with E-state index in [0.717, 1.165) is 19.3 Å². The molecule has 4 rings (SSSR count). The highest BCUT2D eigenvalue weighted by Gasteiger charge is 2.31. The Balaban J connectivity index is 1.50. The molecule has 2 aromatic rings. The highest BCUT2D eigenvalue weighted by molar-refractivity contribution is 7.89. The van der Waals surface area contributed by atoms with E-state index in [-0.39, 0.29) is 16.7 Å². The Kier molecular flexibility index (Phi) is 6.21. The second kappa shape index (κ2) is 8.91. The second-order valence-corrected chi connectivity index (χ2v) is 9.96. The van der Waals surface area contributed by atoms with E-state index < -0.39 is 16.1 Å². The van der Waals surface area contributed by atoms with Crippen molar-refractivity contribution in [2.24, 2.45) is 0 Å². The first kappa shape index (κ1) is 22.3. The fourth-order valence-corrected chi connectivity index (χ4v) is 5.52. The van der Waals surface area contributed by atoms with Gasteiger partial charge in [0.15, 0.2) is 6.10 Å². The van der Waals surface area contributed by atoms with Crippen LogP contribution >= 0.6 is 0 Å². The molecule has 32 heavy (non-hydrogen) atoms. The maximum atomic E-state index is 12.7. The second-order valence-electron chi connectivity index (χ2n) is 8.02. The summed E-state index contributed by atoms with van der Waals surface area (Å²) in [5.41, 5.74) is 1.56. The Hall–Kier alpha value is -2.91. The molecule has 0 aromatic heterocycles. The average molecular weight is 458 g/mol. The SMILES string of the molecule is CCCN1C(=O)C(C)Oc2cc(NC(=O)c3ccc(S(=O)(=O)N4CCCC4)cc3)ccc21. The van der Waals surface area contributed by atoms with E-state index >= 15 is 0 Å². The third kappa shape index (κ3) is 4.22. The van der Waals surface area contributed by atoms with E-state index in [1.54, 1.807) is 30.0 Å². The molecular formula is C23H27N3O5S. The number of benzene rings is 2. The van der Waals surface area contributed by atoms with Crippen LogP contribution in [0.5, 0.6) is 5.75 Å². The van der Waals surface area contributed by atoms with Gasteiger partial charge in [0.2, 0.25) is 10.0 Å². The molecule has 1 N–H and O–H groups in total. The number of amides is 2. The molecule has 2 amide bonds. The fourth-order valence-electron chi connectivity index (χ4n) is 4.00. The summed E-state index contributed by atoms with van der Waals surface area (Å²) in [4.78, 5) is 27.0. The van der Waals surface area contributed by atoms with Gasteiger partial charge in [-0.05, 0) is 62.6 Å². The number of carbonyl (C=O) groups is 2. The molecule has 2 aliphatic heterocycles. The molecule has 1 fully saturated rings. The van der Waals surface area contributed by atoms with Crippen molar-refractivity contribution in [3.8, 4) is 5.75 Å². The van der Waals surface area contributed by atoms with Gasteiger partial charge in [-0.1, -0.05) is 6.92 Å². The molecule has 0 aliphatic carbocycles. The summed E-state index contributed by atoms with van der Waals surface area (Å²) < 4.78 is 32.5. The third-order valence-corrected chi connectivity index (χ3v) is 7.61. The summed E-state index contributed by atoms with van der Waals surface area (Å²) in [6, 6.07) is 11.1. The predicted octanol–water partition coefficient (Wildman–Crippen LogP) is 3.25. The van der Waals surface area contributed by atoms with Gasteiger partial charge in [-0.15, -0.1) is 0 Å². The number of carbonyl (C=O) groups excluding carboxylic acids is 2. The van der Waals surface area contributed by atoms with Crippen molar-refractivity contribution >= 4 is 33.2 Å². The number of fused-ring (bicyclic) bond motifs is 1. The van der Waals surface area contributed by atoms with Crippen LogP contribution in [-0.4, -0.2) is 50.3 Å².